The van der Waals surface area contributed by atoms with Crippen LogP contribution in [0, 0.1) is 11.8 Å². The number of benzene rings is 1. The Hall–Kier alpha value is -1.97. The maximum atomic E-state index is 12.3. The van der Waals surface area contributed by atoms with Crippen molar-refractivity contribution in [2.45, 2.75) is 40.0 Å². The number of ether oxygens (including phenoxy) is 2. The fourth-order valence-corrected chi connectivity index (χ4v) is 2.81. The first-order valence-corrected chi connectivity index (χ1v) is 9.27. The van der Waals surface area contributed by atoms with Crippen LogP contribution < -0.4 is 9.47 Å². The van der Waals surface area contributed by atoms with E-state index < -0.39 is 0 Å². The van der Waals surface area contributed by atoms with E-state index in [2.05, 4.69) is 20.8 Å². The molecule has 0 N–H and O–H groups in total. The van der Waals surface area contributed by atoms with E-state index in [4.69, 9.17) is 9.47 Å². The van der Waals surface area contributed by atoms with Gasteiger partial charge in [0.15, 0.2) is 11.5 Å². The number of methoxy groups -OCH3 is 1. The van der Waals surface area contributed by atoms with Crippen molar-refractivity contribution in [3.63, 3.8) is 0 Å². The summed E-state index contributed by atoms with van der Waals surface area (Å²) in [6.07, 6.45) is 6.70. The van der Waals surface area contributed by atoms with Crippen LogP contribution in [0.3, 0.4) is 0 Å². The highest BCUT2D eigenvalue weighted by atomic mass is 16.5. The molecule has 0 aliphatic carbocycles. The van der Waals surface area contributed by atoms with Crippen LogP contribution in [0.4, 0.5) is 0 Å². The number of carbonyl (C=O) groups is 1. The third kappa shape index (κ3) is 6.11. The van der Waals surface area contributed by atoms with E-state index in [1.54, 1.807) is 13.2 Å². The summed E-state index contributed by atoms with van der Waals surface area (Å²) in [5.74, 6) is 2.86. The van der Waals surface area contributed by atoms with Gasteiger partial charge in [0, 0.05) is 19.2 Å². The third-order valence-corrected chi connectivity index (χ3v) is 4.65. The maximum Gasteiger partial charge on any atom is 0.246 e. The Balaban J connectivity index is 1.96. The van der Waals surface area contributed by atoms with Gasteiger partial charge in [-0.2, -0.15) is 0 Å². The minimum atomic E-state index is 0.0862. The molecule has 138 valence electrons. The van der Waals surface area contributed by atoms with Crippen molar-refractivity contribution in [3.05, 3.63) is 29.8 Å². The maximum absolute atomic E-state index is 12.3. The van der Waals surface area contributed by atoms with Crippen molar-refractivity contribution in [3.8, 4) is 11.5 Å². The van der Waals surface area contributed by atoms with Gasteiger partial charge in [-0.25, -0.2) is 0 Å². The second kappa shape index (κ2) is 9.50. The van der Waals surface area contributed by atoms with Gasteiger partial charge in [-0.05, 0) is 54.9 Å². The number of amides is 1. The lowest BCUT2D eigenvalue weighted by atomic mass is 9.99. The molecule has 0 atom stereocenters. The molecule has 1 saturated heterocycles. The lowest BCUT2D eigenvalue weighted by Gasteiger charge is -2.29. The summed E-state index contributed by atoms with van der Waals surface area (Å²) >= 11 is 0. The first-order chi connectivity index (χ1) is 12.0. The van der Waals surface area contributed by atoms with Crippen molar-refractivity contribution in [2.75, 3.05) is 26.8 Å². The molecule has 1 heterocycles. The number of piperidine rings is 1. The predicted molar refractivity (Wildman–Crippen MR) is 102 cm³/mol. The summed E-state index contributed by atoms with van der Waals surface area (Å²) in [7, 11) is 1.64. The minimum Gasteiger partial charge on any atom is -0.493 e. The lowest BCUT2D eigenvalue weighted by molar-refractivity contribution is -0.127. The van der Waals surface area contributed by atoms with Crippen LogP contribution >= 0.6 is 0 Å². The fraction of sp³-hybridized carbons (Fsp3) is 0.571. The molecule has 0 spiro atoms. The minimum absolute atomic E-state index is 0.0862. The molecule has 1 fully saturated rings. The highest BCUT2D eigenvalue weighted by molar-refractivity contribution is 5.91. The smallest absolute Gasteiger partial charge is 0.246 e. The molecule has 2 rings (SSSR count). The Bertz CT molecular complexity index is 587. The average Bonchev–Trinajstić information content (AvgIpc) is 2.60. The van der Waals surface area contributed by atoms with Gasteiger partial charge in [-0.1, -0.05) is 26.8 Å². The van der Waals surface area contributed by atoms with Gasteiger partial charge in [0.2, 0.25) is 5.91 Å². The van der Waals surface area contributed by atoms with Gasteiger partial charge in [0.05, 0.1) is 13.7 Å². The van der Waals surface area contributed by atoms with Crippen molar-refractivity contribution >= 4 is 12.0 Å². The topological polar surface area (TPSA) is 38.8 Å². The van der Waals surface area contributed by atoms with Crippen LogP contribution in [0.25, 0.3) is 6.08 Å². The van der Waals surface area contributed by atoms with Gasteiger partial charge >= 0.3 is 0 Å². The molecule has 4 heteroatoms. The number of nitrogens with zero attached hydrogens (tertiary/aromatic N) is 1. The molecular weight excluding hydrogens is 314 g/mol. The number of hydrogen-bond acceptors (Lipinski definition) is 3. The second-order valence-corrected chi connectivity index (χ2v) is 7.28. The number of carbonyl (C=O) groups excluding carboxylic acids is 1. The molecular formula is C21H31NO3. The average molecular weight is 345 g/mol. The van der Waals surface area contributed by atoms with Crippen molar-refractivity contribution in [2.24, 2.45) is 11.8 Å². The van der Waals surface area contributed by atoms with E-state index in [9.17, 15) is 4.79 Å². The molecule has 4 nitrogen and oxygen atoms in total. The highest BCUT2D eigenvalue weighted by Gasteiger charge is 2.18. The Morgan fingerprint density at radius 1 is 1.28 bits per heavy atom. The summed E-state index contributed by atoms with van der Waals surface area (Å²) in [6, 6.07) is 5.77. The van der Waals surface area contributed by atoms with Crippen molar-refractivity contribution in [1.29, 1.82) is 0 Å². The van der Waals surface area contributed by atoms with Crippen LogP contribution in [0.2, 0.25) is 0 Å². The molecule has 0 aromatic heterocycles. The van der Waals surface area contributed by atoms with Crippen LogP contribution in [-0.4, -0.2) is 37.6 Å². The monoisotopic (exact) mass is 345 g/mol. The molecule has 1 aromatic carbocycles. The Morgan fingerprint density at radius 3 is 2.64 bits per heavy atom. The quantitative estimate of drug-likeness (QED) is 0.688. The SMILES string of the molecule is COc1cc(/C=C/C(=O)N2CCC(C)CC2)ccc1OCCC(C)C. The first-order valence-electron chi connectivity index (χ1n) is 9.27. The van der Waals surface area contributed by atoms with E-state index in [1.165, 1.54) is 0 Å². The van der Waals surface area contributed by atoms with Gasteiger partial charge in [-0.15, -0.1) is 0 Å². The zero-order chi connectivity index (χ0) is 18.2. The first kappa shape index (κ1) is 19.4. The molecule has 25 heavy (non-hydrogen) atoms. The zero-order valence-electron chi connectivity index (χ0n) is 16.0. The largest absolute Gasteiger partial charge is 0.493 e. The van der Waals surface area contributed by atoms with Gasteiger partial charge in [-0.3, -0.25) is 4.79 Å². The summed E-state index contributed by atoms with van der Waals surface area (Å²) in [5.41, 5.74) is 0.937. The number of hydrogen-bond donors (Lipinski definition) is 0. The highest BCUT2D eigenvalue weighted by Crippen LogP contribution is 2.29. The molecule has 1 aliphatic rings. The van der Waals surface area contributed by atoms with E-state index in [1.807, 2.05) is 29.2 Å². The van der Waals surface area contributed by atoms with Crippen molar-refractivity contribution < 1.29 is 14.3 Å². The molecule has 1 amide bonds. The van der Waals surface area contributed by atoms with Gasteiger partial charge in [0.1, 0.15) is 0 Å². The summed E-state index contributed by atoms with van der Waals surface area (Å²) in [4.78, 5) is 14.2. The van der Waals surface area contributed by atoms with Crippen LogP contribution in [0.15, 0.2) is 24.3 Å². The summed E-state index contributed by atoms with van der Waals surface area (Å²) in [5, 5.41) is 0. The molecule has 0 saturated carbocycles. The van der Waals surface area contributed by atoms with E-state index in [0.29, 0.717) is 18.3 Å². The molecule has 0 bridgehead atoms. The van der Waals surface area contributed by atoms with Gasteiger partial charge in [0.25, 0.3) is 0 Å². The Morgan fingerprint density at radius 2 is 2.00 bits per heavy atom. The second-order valence-electron chi connectivity index (χ2n) is 7.28. The van der Waals surface area contributed by atoms with Crippen LogP contribution in [0.1, 0.15) is 45.6 Å². The number of rotatable bonds is 7. The summed E-state index contributed by atoms with van der Waals surface area (Å²) in [6.45, 7) is 8.99. The molecule has 0 radical (unpaired) electrons. The Labute approximate surface area is 151 Å². The standard InChI is InChI=1S/C21H31NO3/c1-16(2)11-14-25-19-7-5-18(15-20(19)24-4)6-8-21(23)22-12-9-17(3)10-13-22/h5-8,15-17H,9-14H2,1-4H3/b8-6+. The zero-order valence-corrected chi connectivity index (χ0v) is 16.0. The van der Waals surface area contributed by atoms with Crippen molar-refractivity contribution in [1.82, 2.24) is 4.90 Å². The molecule has 1 aromatic rings. The predicted octanol–water partition coefficient (Wildman–Crippen LogP) is 4.39. The van der Waals surface area contributed by atoms with Crippen LogP contribution in [-0.2, 0) is 4.79 Å². The lowest BCUT2D eigenvalue weighted by Crippen LogP contribution is -2.36. The fourth-order valence-electron chi connectivity index (χ4n) is 2.81. The Kier molecular flexibility index (Phi) is 7.35. The summed E-state index contributed by atoms with van der Waals surface area (Å²) < 4.78 is 11.2. The number of likely N-dealkylation sites (tertiary alicyclic amines) is 1. The third-order valence-electron chi connectivity index (χ3n) is 4.65. The molecule has 1 aliphatic heterocycles. The molecule has 0 unspecified atom stereocenters. The van der Waals surface area contributed by atoms with E-state index in [0.717, 1.165) is 49.6 Å². The van der Waals surface area contributed by atoms with Crippen LogP contribution in [0.5, 0.6) is 11.5 Å². The normalized spacial score (nSPS) is 15.8. The van der Waals surface area contributed by atoms with E-state index in [-0.39, 0.29) is 5.91 Å². The van der Waals surface area contributed by atoms with Gasteiger partial charge < -0.3 is 14.4 Å². The van der Waals surface area contributed by atoms with E-state index >= 15 is 0 Å².